The maximum atomic E-state index is 11.9. The van der Waals surface area contributed by atoms with Gasteiger partial charge in [-0.2, -0.15) is 0 Å². The van der Waals surface area contributed by atoms with Gasteiger partial charge in [-0.15, -0.1) is 0 Å². The molecule has 0 unspecified atom stereocenters. The molecule has 0 aromatic heterocycles. The zero-order chi connectivity index (χ0) is 13.4. The van der Waals surface area contributed by atoms with Crippen LogP contribution in [-0.2, 0) is 9.59 Å². The standard InChI is InChI=1S/C12H23N3O3/c13-7-3-1-6-10(12(17)18)15-11(16)9-5-2-4-8-14-9/h9-10,14H,1-8,13H2,(H,15,16)(H,17,18)/t9-,10-/m0/s1. The molecule has 1 rings (SSSR count). The SMILES string of the molecule is NCCCC[C@H](NC(=O)[C@@H]1CCCCN1)C(=O)O. The van der Waals surface area contributed by atoms with Gasteiger partial charge < -0.3 is 21.5 Å². The summed E-state index contributed by atoms with van der Waals surface area (Å²) in [6, 6.07) is -1.04. The maximum absolute atomic E-state index is 11.9. The van der Waals surface area contributed by atoms with Gasteiger partial charge in [-0.05, 0) is 45.2 Å². The molecule has 2 atom stereocenters. The normalized spacial score (nSPS) is 21.3. The predicted molar refractivity (Wildman–Crippen MR) is 68.1 cm³/mol. The smallest absolute Gasteiger partial charge is 0.326 e. The fourth-order valence-corrected chi connectivity index (χ4v) is 2.10. The van der Waals surface area contributed by atoms with Crippen LogP contribution in [0.2, 0.25) is 0 Å². The Labute approximate surface area is 107 Å². The van der Waals surface area contributed by atoms with E-state index in [1.807, 2.05) is 0 Å². The summed E-state index contributed by atoms with van der Waals surface area (Å²) < 4.78 is 0. The largest absolute Gasteiger partial charge is 0.480 e. The lowest BCUT2D eigenvalue weighted by Gasteiger charge is -2.24. The Bertz CT molecular complexity index is 278. The highest BCUT2D eigenvalue weighted by Gasteiger charge is 2.25. The van der Waals surface area contributed by atoms with Gasteiger partial charge in [0.25, 0.3) is 0 Å². The Balaban J connectivity index is 2.38. The molecule has 0 radical (unpaired) electrons. The summed E-state index contributed by atoms with van der Waals surface area (Å²) in [6.07, 6.45) is 4.79. The molecule has 0 bridgehead atoms. The quantitative estimate of drug-likeness (QED) is 0.474. The van der Waals surface area contributed by atoms with Crippen LogP contribution < -0.4 is 16.4 Å². The van der Waals surface area contributed by atoms with Crippen molar-refractivity contribution in [2.24, 2.45) is 5.73 Å². The molecule has 6 nitrogen and oxygen atoms in total. The van der Waals surface area contributed by atoms with Crippen LogP contribution in [0.15, 0.2) is 0 Å². The molecule has 1 aliphatic rings. The zero-order valence-electron chi connectivity index (χ0n) is 10.7. The molecule has 104 valence electrons. The third-order valence-corrected chi connectivity index (χ3v) is 3.19. The molecule has 0 aromatic carbocycles. The van der Waals surface area contributed by atoms with E-state index in [-0.39, 0.29) is 11.9 Å². The van der Waals surface area contributed by atoms with E-state index < -0.39 is 12.0 Å². The van der Waals surface area contributed by atoms with Gasteiger partial charge in [-0.1, -0.05) is 6.42 Å². The van der Waals surface area contributed by atoms with Gasteiger partial charge in [-0.3, -0.25) is 4.79 Å². The Kier molecular flexibility index (Phi) is 6.67. The van der Waals surface area contributed by atoms with Gasteiger partial charge >= 0.3 is 5.97 Å². The van der Waals surface area contributed by atoms with Crippen LogP contribution >= 0.6 is 0 Å². The van der Waals surface area contributed by atoms with Crippen LogP contribution in [0.1, 0.15) is 38.5 Å². The van der Waals surface area contributed by atoms with Crippen LogP contribution in [0.25, 0.3) is 0 Å². The van der Waals surface area contributed by atoms with Gasteiger partial charge in [0, 0.05) is 0 Å². The molecular formula is C12H23N3O3. The molecule has 0 aliphatic carbocycles. The second-order valence-corrected chi connectivity index (χ2v) is 4.69. The Morgan fingerprint density at radius 2 is 2.17 bits per heavy atom. The first-order chi connectivity index (χ1) is 8.65. The number of hydrogen-bond donors (Lipinski definition) is 4. The van der Waals surface area contributed by atoms with Crippen molar-refractivity contribution < 1.29 is 14.7 Å². The first-order valence-corrected chi connectivity index (χ1v) is 6.61. The first-order valence-electron chi connectivity index (χ1n) is 6.61. The lowest BCUT2D eigenvalue weighted by atomic mass is 10.0. The van der Waals surface area contributed by atoms with Crippen molar-refractivity contribution in [2.75, 3.05) is 13.1 Å². The van der Waals surface area contributed by atoms with Gasteiger partial charge in [0.05, 0.1) is 6.04 Å². The molecule has 0 spiro atoms. The van der Waals surface area contributed by atoms with Crippen molar-refractivity contribution in [3.8, 4) is 0 Å². The Hall–Kier alpha value is -1.14. The molecule has 5 N–H and O–H groups in total. The van der Waals surface area contributed by atoms with E-state index >= 15 is 0 Å². The van der Waals surface area contributed by atoms with Gasteiger partial charge in [0.1, 0.15) is 6.04 Å². The van der Waals surface area contributed by atoms with Crippen LogP contribution in [0.4, 0.5) is 0 Å². The van der Waals surface area contributed by atoms with E-state index in [0.29, 0.717) is 19.4 Å². The highest BCUT2D eigenvalue weighted by atomic mass is 16.4. The van der Waals surface area contributed by atoms with E-state index in [2.05, 4.69) is 10.6 Å². The molecular weight excluding hydrogens is 234 g/mol. The highest BCUT2D eigenvalue weighted by Crippen LogP contribution is 2.08. The minimum Gasteiger partial charge on any atom is -0.480 e. The predicted octanol–water partition coefficient (Wildman–Crippen LogP) is -0.173. The maximum Gasteiger partial charge on any atom is 0.326 e. The van der Waals surface area contributed by atoms with Crippen molar-refractivity contribution in [1.29, 1.82) is 0 Å². The number of amides is 1. The minimum absolute atomic E-state index is 0.199. The lowest BCUT2D eigenvalue weighted by Crippen LogP contribution is -2.51. The number of carbonyl (C=O) groups is 2. The summed E-state index contributed by atoms with van der Waals surface area (Å²) in [5, 5.41) is 14.8. The van der Waals surface area contributed by atoms with E-state index in [1.54, 1.807) is 0 Å². The first kappa shape index (κ1) is 14.9. The average molecular weight is 257 g/mol. The molecule has 1 amide bonds. The second-order valence-electron chi connectivity index (χ2n) is 4.69. The summed E-state index contributed by atoms with van der Waals surface area (Å²) >= 11 is 0. The van der Waals surface area contributed by atoms with E-state index in [0.717, 1.165) is 32.2 Å². The number of carboxylic acids is 1. The van der Waals surface area contributed by atoms with Crippen LogP contribution in [0.3, 0.4) is 0 Å². The molecule has 6 heteroatoms. The van der Waals surface area contributed by atoms with Crippen LogP contribution in [-0.4, -0.2) is 42.2 Å². The fraction of sp³-hybridized carbons (Fsp3) is 0.833. The van der Waals surface area contributed by atoms with E-state index in [4.69, 9.17) is 10.8 Å². The summed E-state index contributed by atoms with van der Waals surface area (Å²) in [7, 11) is 0. The van der Waals surface area contributed by atoms with Crippen molar-refractivity contribution in [3.63, 3.8) is 0 Å². The molecule has 0 saturated carbocycles. The summed E-state index contributed by atoms with van der Waals surface area (Å²) in [5.74, 6) is -1.17. The van der Waals surface area contributed by atoms with Crippen molar-refractivity contribution >= 4 is 11.9 Å². The number of carboxylic acid groups (broad SMARTS) is 1. The molecule has 1 heterocycles. The summed E-state index contributed by atoms with van der Waals surface area (Å²) in [6.45, 7) is 1.37. The highest BCUT2D eigenvalue weighted by molar-refractivity contribution is 5.86. The monoisotopic (exact) mass is 257 g/mol. The number of carbonyl (C=O) groups excluding carboxylic acids is 1. The van der Waals surface area contributed by atoms with Crippen LogP contribution in [0, 0.1) is 0 Å². The topological polar surface area (TPSA) is 104 Å². The molecule has 0 aromatic rings. The van der Waals surface area contributed by atoms with E-state index in [9.17, 15) is 9.59 Å². The van der Waals surface area contributed by atoms with Gasteiger partial charge in [0.15, 0.2) is 0 Å². The second kappa shape index (κ2) is 8.05. The number of nitrogens with two attached hydrogens (primary N) is 1. The number of nitrogens with one attached hydrogen (secondary N) is 2. The van der Waals surface area contributed by atoms with Gasteiger partial charge in [0.2, 0.25) is 5.91 Å². The third-order valence-electron chi connectivity index (χ3n) is 3.19. The molecule has 1 fully saturated rings. The van der Waals surface area contributed by atoms with Crippen molar-refractivity contribution in [3.05, 3.63) is 0 Å². The third kappa shape index (κ3) is 5.01. The number of piperidine rings is 1. The number of unbranched alkanes of at least 4 members (excludes halogenated alkanes) is 1. The number of hydrogen-bond acceptors (Lipinski definition) is 4. The molecule has 18 heavy (non-hydrogen) atoms. The fourth-order valence-electron chi connectivity index (χ4n) is 2.10. The Morgan fingerprint density at radius 1 is 1.39 bits per heavy atom. The summed E-state index contributed by atoms with van der Waals surface area (Å²) in [5.41, 5.74) is 5.36. The van der Waals surface area contributed by atoms with Crippen LogP contribution in [0.5, 0.6) is 0 Å². The molecule has 1 saturated heterocycles. The number of aliphatic carboxylic acids is 1. The number of rotatable bonds is 7. The molecule has 1 aliphatic heterocycles. The average Bonchev–Trinajstić information content (AvgIpc) is 2.38. The minimum atomic E-state index is -0.976. The van der Waals surface area contributed by atoms with Gasteiger partial charge in [-0.25, -0.2) is 4.79 Å². The van der Waals surface area contributed by atoms with Crippen molar-refractivity contribution in [2.45, 2.75) is 50.6 Å². The van der Waals surface area contributed by atoms with Crippen molar-refractivity contribution in [1.82, 2.24) is 10.6 Å². The zero-order valence-corrected chi connectivity index (χ0v) is 10.7. The Morgan fingerprint density at radius 3 is 2.72 bits per heavy atom. The summed E-state index contributed by atoms with van der Waals surface area (Å²) in [4.78, 5) is 22.9. The van der Waals surface area contributed by atoms with E-state index in [1.165, 1.54) is 0 Å². The lowest BCUT2D eigenvalue weighted by molar-refractivity contribution is -0.142.